The smallest absolute Gasteiger partial charge is 0.245 e. The molecule has 1 amide bonds. The zero-order chi connectivity index (χ0) is 14.4. The fraction of sp³-hybridized carbons (Fsp3) is 0.500. The van der Waals surface area contributed by atoms with E-state index in [-0.39, 0.29) is 23.5 Å². The molecule has 1 N–H and O–H groups in total. The molecule has 104 valence electrons. The second kappa shape index (κ2) is 4.97. The number of carbonyl (C=O) groups excluding carboxylic acids is 1. The number of halogens is 2. The standard InChI is InChI=1S/C14H18Cl2N2O/c1-8-12(19)18(13(17-8)14(2,3)4)11-6-9(15)5-10(16)7-11/h5-8,13,17H,1-4H3/t8-,13-/m1/s1. The third-order valence-corrected chi connectivity index (χ3v) is 3.66. The molecule has 1 aromatic carbocycles. The molecule has 0 spiro atoms. The van der Waals surface area contributed by atoms with Crippen LogP contribution in [0.1, 0.15) is 27.7 Å². The van der Waals surface area contributed by atoms with Crippen LogP contribution in [0.25, 0.3) is 0 Å². The third kappa shape index (κ3) is 2.88. The predicted octanol–water partition coefficient (Wildman–Crippen LogP) is 3.69. The van der Waals surface area contributed by atoms with E-state index in [0.717, 1.165) is 5.69 Å². The van der Waals surface area contributed by atoms with Gasteiger partial charge in [0.15, 0.2) is 0 Å². The number of amides is 1. The van der Waals surface area contributed by atoms with Gasteiger partial charge in [0.05, 0.1) is 12.2 Å². The summed E-state index contributed by atoms with van der Waals surface area (Å²) >= 11 is 12.1. The van der Waals surface area contributed by atoms with E-state index in [1.165, 1.54) is 0 Å². The zero-order valence-corrected chi connectivity index (χ0v) is 13.0. The molecule has 5 heteroatoms. The van der Waals surface area contributed by atoms with Crippen LogP contribution in [-0.4, -0.2) is 18.1 Å². The Morgan fingerprint density at radius 1 is 1.16 bits per heavy atom. The first kappa shape index (κ1) is 14.6. The fourth-order valence-corrected chi connectivity index (χ4v) is 2.82. The molecule has 1 heterocycles. The van der Waals surface area contributed by atoms with E-state index < -0.39 is 0 Å². The molecule has 3 nitrogen and oxygen atoms in total. The van der Waals surface area contributed by atoms with Gasteiger partial charge in [0, 0.05) is 15.7 Å². The maximum atomic E-state index is 12.4. The van der Waals surface area contributed by atoms with Gasteiger partial charge in [-0.25, -0.2) is 0 Å². The summed E-state index contributed by atoms with van der Waals surface area (Å²) in [5.74, 6) is 0.0401. The van der Waals surface area contributed by atoms with Gasteiger partial charge in [-0.15, -0.1) is 0 Å². The molecule has 1 aromatic rings. The van der Waals surface area contributed by atoms with Crippen LogP contribution in [0.4, 0.5) is 5.69 Å². The summed E-state index contributed by atoms with van der Waals surface area (Å²) in [6, 6.07) is 4.99. The molecule has 0 radical (unpaired) electrons. The number of rotatable bonds is 1. The van der Waals surface area contributed by atoms with Crippen molar-refractivity contribution in [2.45, 2.75) is 39.9 Å². The Bertz CT molecular complexity index is 490. The van der Waals surface area contributed by atoms with Gasteiger partial charge >= 0.3 is 0 Å². The first-order chi connectivity index (χ1) is 8.70. The van der Waals surface area contributed by atoms with E-state index in [9.17, 15) is 4.79 Å². The lowest BCUT2D eigenvalue weighted by Gasteiger charge is -2.34. The fourth-order valence-electron chi connectivity index (χ4n) is 2.31. The maximum Gasteiger partial charge on any atom is 0.245 e. The van der Waals surface area contributed by atoms with Crippen molar-refractivity contribution < 1.29 is 4.79 Å². The predicted molar refractivity (Wildman–Crippen MR) is 79.8 cm³/mol. The second-order valence-corrected chi connectivity index (χ2v) is 6.87. The van der Waals surface area contributed by atoms with Crippen LogP contribution >= 0.6 is 23.2 Å². The average Bonchev–Trinajstić information content (AvgIpc) is 2.53. The summed E-state index contributed by atoms with van der Waals surface area (Å²) in [4.78, 5) is 14.1. The number of hydrogen-bond donors (Lipinski definition) is 1. The van der Waals surface area contributed by atoms with Gasteiger partial charge in [0.25, 0.3) is 0 Å². The van der Waals surface area contributed by atoms with Crippen molar-refractivity contribution in [3.8, 4) is 0 Å². The van der Waals surface area contributed by atoms with Crippen LogP contribution < -0.4 is 10.2 Å². The molecule has 1 saturated heterocycles. The molecule has 2 atom stereocenters. The SMILES string of the molecule is C[C@H]1N[C@@H](C(C)(C)C)N(c2cc(Cl)cc(Cl)c2)C1=O. The number of anilines is 1. The average molecular weight is 301 g/mol. The number of hydrogen-bond acceptors (Lipinski definition) is 2. The number of nitrogens with one attached hydrogen (secondary N) is 1. The van der Waals surface area contributed by atoms with Crippen molar-refractivity contribution >= 4 is 34.8 Å². The molecule has 0 bridgehead atoms. The molecular formula is C14H18Cl2N2O. The van der Waals surface area contributed by atoms with E-state index in [4.69, 9.17) is 23.2 Å². The minimum atomic E-state index is -0.206. The molecule has 1 aliphatic heterocycles. The summed E-state index contributed by atoms with van der Waals surface area (Å²) in [6.45, 7) is 8.15. The minimum Gasteiger partial charge on any atom is -0.294 e. The van der Waals surface area contributed by atoms with E-state index in [1.54, 1.807) is 23.1 Å². The Morgan fingerprint density at radius 3 is 2.16 bits per heavy atom. The zero-order valence-electron chi connectivity index (χ0n) is 11.5. The summed E-state index contributed by atoms with van der Waals surface area (Å²) in [6.07, 6.45) is -0.0791. The van der Waals surface area contributed by atoms with Gasteiger partial charge in [-0.05, 0) is 30.5 Å². The Morgan fingerprint density at radius 2 is 1.68 bits per heavy atom. The molecule has 0 unspecified atom stereocenters. The van der Waals surface area contributed by atoms with E-state index >= 15 is 0 Å². The van der Waals surface area contributed by atoms with Crippen molar-refractivity contribution in [2.75, 3.05) is 4.90 Å². The number of nitrogens with zero attached hydrogens (tertiary/aromatic N) is 1. The monoisotopic (exact) mass is 300 g/mol. The van der Waals surface area contributed by atoms with E-state index in [2.05, 4.69) is 26.1 Å². The lowest BCUT2D eigenvalue weighted by Crippen LogP contribution is -2.47. The molecule has 2 rings (SSSR count). The Labute approximate surface area is 123 Å². The lowest BCUT2D eigenvalue weighted by atomic mass is 9.91. The molecule has 19 heavy (non-hydrogen) atoms. The van der Waals surface area contributed by atoms with Crippen molar-refractivity contribution in [2.24, 2.45) is 5.41 Å². The van der Waals surface area contributed by atoms with Gasteiger partial charge in [-0.2, -0.15) is 0 Å². The summed E-state index contributed by atoms with van der Waals surface area (Å²) in [7, 11) is 0. The van der Waals surface area contributed by atoms with Crippen molar-refractivity contribution in [3.05, 3.63) is 28.2 Å². The Balaban J connectivity index is 2.47. The highest BCUT2D eigenvalue weighted by atomic mass is 35.5. The lowest BCUT2D eigenvalue weighted by molar-refractivity contribution is -0.118. The second-order valence-electron chi connectivity index (χ2n) is 5.99. The minimum absolute atomic E-state index is 0.0401. The summed E-state index contributed by atoms with van der Waals surface area (Å²) in [5, 5.41) is 4.38. The molecule has 1 fully saturated rings. The highest BCUT2D eigenvalue weighted by Crippen LogP contribution is 2.34. The molecule has 0 aliphatic carbocycles. The number of carbonyl (C=O) groups is 1. The van der Waals surface area contributed by atoms with E-state index in [0.29, 0.717) is 10.0 Å². The Kier molecular flexibility index (Phi) is 3.83. The van der Waals surface area contributed by atoms with Crippen molar-refractivity contribution in [1.82, 2.24) is 5.32 Å². The van der Waals surface area contributed by atoms with Crippen LogP contribution in [0, 0.1) is 5.41 Å². The first-order valence-electron chi connectivity index (χ1n) is 6.25. The number of benzene rings is 1. The molecule has 0 saturated carbocycles. The van der Waals surface area contributed by atoms with Gasteiger partial charge < -0.3 is 0 Å². The van der Waals surface area contributed by atoms with E-state index in [1.807, 2.05) is 6.92 Å². The van der Waals surface area contributed by atoms with Crippen molar-refractivity contribution in [3.63, 3.8) is 0 Å². The van der Waals surface area contributed by atoms with Gasteiger partial charge in [-0.1, -0.05) is 44.0 Å². The first-order valence-corrected chi connectivity index (χ1v) is 7.01. The van der Waals surface area contributed by atoms with Crippen LogP contribution in [0.5, 0.6) is 0 Å². The quantitative estimate of drug-likeness (QED) is 0.858. The van der Waals surface area contributed by atoms with Gasteiger partial charge in [0.2, 0.25) is 5.91 Å². The summed E-state index contributed by atoms with van der Waals surface area (Å²) < 4.78 is 0. The van der Waals surface area contributed by atoms with Crippen LogP contribution in [0.15, 0.2) is 18.2 Å². The molecule has 1 aliphatic rings. The topological polar surface area (TPSA) is 32.3 Å². The third-order valence-electron chi connectivity index (χ3n) is 3.22. The van der Waals surface area contributed by atoms with Crippen LogP contribution in [-0.2, 0) is 4.79 Å². The summed E-state index contributed by atoms with van der Waals surface area (Å²) in [5.41, 5.74) is 0.647. The molecular weight excluding hydrogens is 283 g/mol. The van der Waals surface area contributed by atoms with Crippen molar-refractivity contribution in [1.29, 1.82) is 0 Å². The van der Waals surface area contributed by atoms with Crippen LogP contribution in [0.3, 0.4) is 0 Å². The van der Waals surface area contributed by atoms with Gasteiger partial charge in [0.1, 0.15) is 0 Å². The highest BCUT2D eigenvalue weighted by Gasteiger charge is 2.43. The highest BCUT2D eigenvalue weighted by molar-refractivity contribution is 6.35. The molecule has 0 aromatic heterocycles. The van der Waals surface area contributed by atoms with Gasteiger partial charge in [-0.3, -0.25) is 15.0 Å². The normalized spacial score (nSPS) is 24.1. The van der Waals surface area contributed by atoms with Crippen LogP contribution in [0.2, 0.25) is 10.0 Å². The largest absolute Gasteiger partial charge is 0.294 e. The maximum absolute atomic E-state index is 12.4. The Hall–Kier alpha value is -0.770.